The fourth-order valence-electron chi connectivity index (χ4n) is 4.17. The van der Waals surface area contributed by atoms with Crippen molar-refractivity contribution in [1.82, 2.24) is 9.80 Å². The van der Waals surface area contributed by atoms with Crippen LogP contribution < -0.4 is 5.73 Å². The Balaban J connectivity index is 1.59. The van der Waals surface area contributed by atoms with E-state index in [1.807, 2.05) is 0 Å². The molecule has 1 heterocycles. The van der Waals surface area contributed by atoms with Crippen molar-refractivity contribution in [2.45, 2.75) is 57.0 Å². The van der Waals surface area contributed by atoms with Crippen molar-refractivity contribution in [3.8, 4) is 0 Å². The molecule has 3 fully saturated rings. The van der Waals surface area contributed by atoms with Gasteiger partial charge in [-0.15, -0.1) is 0 Å². The molecule has 3 nitrogen and oxygen atoms in total. The SMILES string of the molecule is CCC1CCC(CN)(N2CCN(C3CC3)CC2)C1. The van der Waals surface area contributed by atoms with Crippen LogP contribution in [-0.2, 0) is 0 Å². The molecule has 0 spiro atoms. The Hall–Kier alpha value is -0.120. The van der Waals surface area contributed by atoms with E-state index in [1.54, 1.807) is 0 Å². The normalized spacial score (nSPS) is 39.3. The number of piperazine rings is 1. The number of hydrogen-bond acceptors (Lipinski definition) is 3. The number of rotatable bonds is 4. The van der Waals surface area contributed by atoms with Crippen molar-refractivity contribution < 1.29 is 0 Å². The predicted molar refractivity (Wildman–Crippen MR) is 75.6 cm³/mol. The van der Waals surface area contributed by atoms with Crippen LogP contribution in [0.15, 0.2) is 0 Å². The topological polar surface area (TPSA) is 32.5 Å². The largest absolute Gasteiger partial charge is 0.329 e. The molecule has 0 bridgehead atoms. The number of nitrogens with zero attached hydrogens (tertiary/aromatic N) is 2. The fraction of sp³-hybridized carbons (Fsp3) is 1.00. The van der Waals surface area contributed by atoms with Crippen LogP contribution in [0.3, 0.4) is 0 Å². The summed E-state index contributed by atoms with van der Waals surface area (Å²) in [4.78, 5) is 5.44. The summed E-state index contributed by atoms with van der Waals surface area (Å²) in [6.45, 7) is 8.27. The van der Waals surface area contributed by atoms with Gasteiger partial charge in [0.05, 0.1) is 0 Å². The number of hydrogen-bond donors (Lipinski definition) is 1. The smallest absolute Gasteiger partial charge is 0.0335 e. The van der Waals surface area contributed by atoms with E-state index in [1.165, 1.54) is 64.7 Å². The van der Waals surface area contributed by atoms with Crippen LogP contribution in [0.5, 0.6) is 0 Å². The molecule has 1 saturated heterocycles. The summed E-state index contributed by atoms with van der Waals surface area (Å²) in [6.07, 6.45) is 8.31. The molecule has 3 aliphatic rings. The van der Waals surface area contributed by atoms with E-state index >= 15 is 0 Å². The molecule has 1 aliphatic heterocycles. The van der Waals surface area contributed by atoms with Gasteiger partial charge in [-0.1, -0.05) is 13.3 Å². The van der Waals surface area contributed by atoms with Gasteiger partial charge in [-0.05, 0) is 38.0 Å². The van der Waals surface area contributed by atoms with Gasteiger partial charge in [0.2, 0.25) is 0 Å². The van der Waals surface area contributed by atoms with Crippen molar-refractivity contribution in [3.63, 3.8) is 0 Å². The highest BCUT2D eigenvalue weighted by Gasteiger charge is 2.43. The number of nitrogens with two attached hydrogens (primary N) is 1. The lowest BCUT2D eigenvalue weighted by molar-refractivity contribution is 0.0343. The Morgan fingerprint density at radius 2 is 1.83 bits per heavy atom. The van der Waals surface area contributed by atoms with Gasteiger partial charge in [-0.2, -0.15) is 0 Å². The molecule has 0 aromatic heterocycles. The Morgan fingerprint density at radius 1 is 1.11 bits per heavy atom. The Kier molecular flexibility index (Phi) is 3.65. The molecule has 2 unspecified atom stereocenters. The zero-order chi connectivity index (χ0) is 12.6. The molecule has 2 N–H and O–H groups in total. The van der Waals surface area contributed by atoms with Crippen molar-refractivity contribution >= 4 is 0 Å². The highest BCUT2D eigenvalue weighted by atomic mass is 15.3. The summed E-state index contributed by atoms with van der Waals surface area (Å²) >= 11 is 0. The highest BCUT2D eigenvalue weighted by molar-refractivity contribution is 5.01. The molecular weight excluding hydrogens is 222 g/mol. The molecule has 2 aliphatic carbocycles. The van der Waals surface area contributed by atoms with Crippen molar-refractivity contribution in [3.05, 3.63) is 0 Å². The third-order valence-electron chi connectivity index (χ3n) is 5.69. The van der Waals surface area contributed by atoms with Crippen LogP contribution in [0.25, 0.3) is 0 Å². The molecule has 104 valence electrons. The first-order valence-electron chi connectivity index (χ1n) is 7.96. The lowest BCUT2D eigenvalue weighted by atomic mass is 9.92. The van der Waals surface area contributed by atoms with Gasteiger partial charge in [0, 0.05) is 44.3 Å². The van der Waals surface area contributed by atoms with Gasteiger partial charge in [-0.25, -0.2) is 0 Å². The zero-order valence-electron chi connectivity index (χ0n) is 11.9. The van der Waals surface area contributed by atoms with E-state index in [-0.39, 0.29) is 0 Å². The maximum atomic E-state index is 6.17. The summed E-state index contributed by atoms with van der Waals surface area (Å²) < 4.78 is 0. The summed E-state index contributed by atoms with van der Waals surface area (Å²) in [6, 6.07) is 0.938. The van der Waals surface area contributed by atoms with Gasteiger partial charge in [0.15, 0.2) is 0 Å². The van der Waals surface area contributed by atoms with Crippen molar-refractivity contribution in [2.24, 2.45) is 11.7 Å². The molecule has 0 aromatic rings. The quantitative estimate of drug-likeness (QED) is 0.825. The summed E-state index contributed by atoms with van der Waals surface area (Å²) in [5, 5.41) is 0. The van der Waals surface area contributed by atoms with E-state index in [0.717, 1.165) is 18.5 Å². The van der Waals surface area contributed by atoms with E-state index in [9.17, 15) is 0 Å². The lowest BCUT2D eigenvalue weighted by Gasteiger charge is -2.46. The van der Waals surface area contributed by atoms with E-state index in [2.05, 4.69) is 16.7 Å². The van der Waals surface area contributed by atoms with Crippen LogP contribution >= 0.6 is 0 Å². The minimum atomic E-state index is 0.357. The summed E-state index contributed by atoms with van der Waals surface area (Å²) in [5.41, 5.74) is 6.53. The highest BCUT2D eigenvalue weighted by Crippen LogP contribution is 2.40. The third kappa shape index (κ3) is 2.33. The van der Waals surface area contributed by atoms with Crippen molar-refractivity contribution in [1.29, 1.82) is 0 Å². The predicted octanol–water partition coefficient (Wildman–Crippen LogP) is 1.67. The van der Waals surface area contributed by atoms with Crippen molar-refractivity contribution in [2.75, 3.05) is 32.7 Å². The molecule has 0 amide bonds. The minimum absolute atomic E-state index is 0.357. The van der Waals surface area contributed by atoms with Crippen LogP contribution in [0.2, 0.25) is 0 Å². The summed E-state index contributed by atoms with van der Waals surface area (Å²) in [7, 11) is 0. The average molecular weight is 251 g/mol. The fourth-order valence-corrected chi connectivity index (χ4v) is 4.17. The Morgan fingerprint density at radius 3 is 2.33 bits per heavy atom. The minimum Gasteiger partial charge on any atom is -0.329 e. The summed E-state index contributed by atoms with van der Waals surface area (Å²) in [5.74, 6) is 0.926. The monoisotopic (exact) mass is 251 g/mol. The Labute approximate surface area is 112 Å². The van der Waals surface area contributed by atoms with E-state index < -0.39 is 0 Å². The van der Waals surface area contributed by atoms with Crippen LogP contribution in [0, 0.1) is 5.92 Å². The zero-order valence-corrected chi connectivity index (χ0v) is 11.9. The van der Waals surface area contributed by atoms with E-state index in [0.29, 0.717) is 5.54 Å². The first-order valence-corrected chi connectivity index (χ1v) is 7.96. The third-order valence-corrected chi connectivity index (χ3v) is 5.69. The van der Waals surface area contributed by atoms with Crippen LogP contribution in [0.4, 0.5) is 0 Å². The second kappa shape index (κ2) is 5.10. The molecule has 3 heteroatoms. The molecular formula is C15H29N3. The van der Waals surface area contributed by atoms with E-state index in [4.69, 9.17) is 5.73 Å². The molecule has 2 atom stereocenters. The van der Waals surface area contributed by atoms with Gasteiger partial charge in [-0.3, -0.25) is 9.80 Å². The van der Waals surface area contributed by atoms with Gasteiger partial charge in [0.1, 0.15) is 0 Å². The molecule has 0 aromatic carbocycles. The average Bonchev–Trinajstić information content (AvgIpc) is 3.19. The lowest BCUT2D eigenvalue weighted by Crippen LogP contribution is -2.59. The first-order chi connectivity index (χ1) is 8.77. The van der Waals surface area contributed by atoms with Crippen LogP contribution in [-0.4, -0.2) is 54.1 Å². The molecule has 18 heavy (non-hydrogen) atoms. The first kappa shape index (κ1) is 12.9. The maximum absolute atomic E-state index is 6.17. The maximum Gasteiger partial charge on any atom is 0.0335 e. The Bertz CT molecular complexity index is 281. The van der Waals surface area contributed by atoms with Gasteiger partial charge >= 0.3 is 0 Å². The van der Waals surface area contributed by atoms with Gasteiger partial charge in [0.25, 0.3) is 0 Å². The second-order valence-electron chi connectivity index (χ2n) is 6.70. The molecule has 0 radical (unpaired) electrons. The van der Waals surface area contributed by atoms with Gasteiger partial charge < -0.3 is 5.73 Å². The molecule has 2 saturated carbocycles. The molecule has 3 rings (SSSR count). The van der Waals surface area contributed by atoms with Crippen LogP contribution in [0.1, 0.15) is 45.4 Å². The second-order valence-corrected chi connectivity index (χ2v) is 6.70. The standard InChI is InChI=1S/C15H29N3/c1-2-13-5-6-15(11-13,12-16)18-9-7-17(8-10-18)14-3-4-14/h13-14H,2-12,16H2,1H3.